The highest BCUT2D eigenvalue weighted by molar-refractivity contribution is 6.79. The van der Waals surface area contributed by atoms with Crippen molar-refractivity contribution in [1.82, 2.24) is 5.32 Å². The second-order valence-corrected chi connectivity index (χ2v) is 16.6. The normalized spacial score (nSPS) is 14.2. The molecule has 0 saturated heterocycles. The van der Waals surface area contributed by atoms with Gasteiger partial charge in [-0.05, 0) is 40.6 Å². The van der Waals surface area contributed by atoms with Gasteiger partial charge in [0, 0.05) is 6.42 Å². The zero-order valence-corrected chi connectivity index (χ0v) is 22.9. The van der Waals surface area contributed by atoms with Crippen LogP contribution in [0.1, 0.15) is 59.1 Å². The van der Waals surface area contributed by atoms with Crippen LogP contribution in [0.15, 0.2) is 60.7 Å². The molecule has 0 radical (unpaired) electrons. The van der Waals surface area contributed by atoms with Gasteiger partial charge in [0.05, 0.1) is 6.04 Å². The van der Waals surface area contributed by atoms with Crippen molar-refractivity contribution < 1.29 is 14.0 Å². The first-order valence-corrected chi connectivity index (χ1v) is 14.5. The van der Waals surface area contributed by atoms with Gasteiger partial charge < -0.3 is 15.5 Å². The van der Waals surface area contributed by atoms with E-state index in [0.29, 0.717) is 19.3 Å². The Hall–Kier alpha value is -2.44. The van der Waals surface area contributed by atoms with E-state index in [0.717, 1.165) is 11.1 Å². The molecule has 0 heterocycles. The summed E-state index contributed by atoms with van der Waals surface area (Å²) in [7, 11) is -2.57. The van der Waals surface area contributed by atoms with E-state index in [1.165, 1.54) is 0 Å². The van der Waals surface area contributed by atoms with Gasteiger partial charge in [0.1, 0.15) is 6.04 Å². The van der Waals surface area contributed by atoms with E-state index in [4.69, 9.17) is 10.2 Å². The molecule has 34 heavy (non-hydrogen) atoms. The quantitative estimate of drug-likeness (QED) is 0.469. The minimum absolute atomic E-state index is 0.172. The van der Waals surface area contributed by atoms with Gasteiger partial charge in [-0.25, -0.2) is 0 Å². The number of aryl methyl sites for hydroxylation is 1. The first-order valence-electron chi connectivity index (χ1n) is 12.1. The second-order valence-electron chi connectivity index (χ2n) is 11.3. The maximum Gasteiger partial charge on any atom is 0.315 e. The molecule has 2 aromatic carbocycles. The molecule has 2 aromatic rings. The monoisotopic (exact) mass is 482 g/mol. The lowest BCUT2D eigenvalue weighted by Gasteiger charge is -2.48. The third-order valence-electron chi connectivity index (χ3n) is 6.97. The van der Waals surface area contributed by atoms with E-state index in [-0.39, 0.29) is 22.0 Å². The average Bonchev–Trinajstić information content (AvgIpc) is 2.76. The predicted octanol–water partition coefficient (Wildman–Crippen LogP) is 5.39. The lowest BCUT2D eigenvalue weighted by Crippen LogP contribution is -2.57. The Morgan fingerprint density at radius 3 is 1.82 bits per heavy atom. The standard InChI is InChI=1S/C28H42N2O3Si/c1-27(2,3)34(7,28(4,5)6)33-26(32)24(20-22-16-12-9-13-17-22)30-25(31)23(29)19-18-21-14-10-8-11-15-21/h8-17,23-24H,18-20,29H2,1-7H3,(H,30,31)/t23-,24-/m0/s1. The summed E-state index contributed by atoms with van der Waals surface area (Å²) >= 11 is 0. The van der Waals surface area contributed by atoms with Gasteiger partial charge in [0.25, 0.3) is 8.32 Å². The molecule has 0 unspecified atom stereocenters. The van der Waals surface area contributed by atoms with Gasteiger partial charge >= 0.3 is 5.97 Å². The molecule has 0 aromatic heterocycles. The van der Waals surface area contributed by atoms with Crippen molar-refractivity contribution in [2.45, 2.75) is 89.5 Å². The van der Waals surface area contributed by atoms with E-state index in [2.05, 4.69) is 53.4 Å². The van der Waals surface area contributed by atoms with Gasteiger partial charge in [0.2, 0.25) is 5.91 Å². The fourth-order valence-corrected chi connectivity index (χ4v) is 7.53. The molecule has 0 spiro atoms. The van der Waals surface area contributed by atoms with Crippen molar-refractivity contribution in [2.24, 2.45) is 5.73 Å². The molecular formula is C28H42N2O3Si. The van der Waals surface area contributed by atoms with Crippen LogP contribution in [0.4, 0.5) is 0 Å². The van der Waals surface area contributed by atoms with E-state index in [1.54, 1.807) is 0 Å². The number of carbonyl (C=O) groups excluding carboxylic acids is 2. The highest BCUT2D eigenvalue weighted by Crippen LogP contribution is 2.51. The number of hydrogen-bond donors (Lipinski definition) is 2. The molecule has 3 N–H and O–H groups in total. The summed E-state index contributed by atoms with van der Waals surface area (Å²) in [6, 6.07) is 18.1. The van der Waals surface area contributed by atoms with Crippen LogP contribution in [0.3, 0.4) is 0 Å². The number of hydrogen-bond acceptors (Lipinski definition) is 4. The zero-order valence-electron chi connectivity index (χ0n) is 21.9. The molecule has 0 bridgehead atoms. The van der Waals surface area contributed by atoms with Crippen molar-refractivity contribution in [3.05, 3.63) is 71.8 Å². The zero-order chi connectivity index (χ0) is 25.6. The van der Waals surface area contributed by atoms with Crippen molar-refractivity contribution in [2.75, 3.05) is 0 Å². The van der Waals surface area contributed by atoms with Gasteiger partial charge in [0.15, 0.2) is 0 Å². The lowest BCUT2D eigenvalue weighted by molar-refractivity contribution is -0.141. The van der Waals surface area contributed by atoms with Crippen molar-refractivity contribution in [1.29, 1.82) is 0 Å². The summed E-state index contributed by atoms with van der Waals surface area (Å²) in [5, 5.41) is 2.57. The topological polar surface area (TPSA) is 81.4 Å². The van der Waals surface area contributed by atoms with Crippen LogP contribution >= 0.6 is 0 Å². The Bertz CT molecular complexity index is 920. The predicted molar refractivity (Wildman–Crippen MR) is 142 cm³/mol. The molecule has 0 saturated carbocycles. The van der Waals surface area contributed by atoms with Gasteiger partial charge in [-0.2, -0.15) is 0 Å². The first kappa shape index (κ1) is 27.8. The fourth-order valence-electron chi connectivity index (χ4n) is 4.12. The Morgan fingerprint density at radius 2 is 1.35 bits per heavy atom. The summed E-state index contributed by atoms with van der Waals surface area (Å²) < 4.78 is 6.36. The molecular weight excluding hydrogens is 440 g/mol. The minimum Gasteiger partial charge on any atom is -0.517 e. The molecule has 0 aliphatic carbocycles. The number of rotatable bonds is 9. The Labute approximate surface area is 206 Å². The van der Waals surface area contributed by atoms with E-state index >= 15 is 0 Å². The highest BCUT2D eigenvalue weighted by Gasteiger charge is 2.54. The van der Waals surface area contributed by atoms with Crippen LogP contribution in [-0.2, 0) is 26.9 Å². The van der Waals surface area contributed by atoms with E-state index in [9.17, 15) is 9.59 Å². The molecule has 1 amide bonds. The van der Waals surface area contributed by atoms with Gasteiger partial charge in [-0.1, -0.05) is 102 Å². The highest BCUT2D eigenvalue weighted by atomic mass is 28.4. The molecule has 0 fully saturated rings. The molecule has 6 heteroatoms. The van der Waals surface area contributed by atoms with Crippen LogP contribution in [0, 0.1) is 0 Å². The molecule has 0 aliphatic rings. The van der Waals surface area contributed by atoms with Gasteiger partial charge in [-0.15, -0.1) is 0 Å². The third-order valence-corrected chi connectivity index (χ3v) is 13.3. The number of benzene rings is 2. The summed E-state index contributed by atoms with van der Waals surface area (Å²) in [4.78, 5) is 26.5. The van der Waals surface area contributed by atoms with Crippen molar-refractivity contribution >= 4 is 20.2 Å². The lowest BCUT2D eigenvalue weighted by atomic mass is 10.0. The van der Waals surface area contributed by atoms with E-state index in [1.807, 2.05) is 60.7 Å². The summed E-state index contributed by atoms with van der Waals surface area (Å²) in [6.07, 6.45) is 1.55. The Kier molecular flexibility index (Phi) is 9.26. The molecule has 2 rings (SSSR count). The average molecular weight is 483 g/mol. The number of amides is 1. The number of carbonyl (C=O) groups is 2. The van der Waals surface area contributed by atoms with Crippen molar-refractivity contribution in [3.63, 3.8) is 0 Å². The van der Waals surface area contributed by atoms with Crippen LogP contribution < -0.4 is 11.1 Å². The summed E-state index contributed by atoms with van der Waals surface area (Å²) in [5.74, 6) is -0.713. The summed E-state index contributed by atoms with van der Waals surface area (Å²) in [6.45, 7) is 14.9. The number of nitrogens with one attached hydrogen (secondary N) is 1. The van der Waals surface area contributed by atoms with E-state index < -0.39 is 20.4 Å². The summed E-state index contributed by atoms with van der Waals surface area (Å²) in [5.41, 5.74) is 8.30. The minimum atomic E-state index is -2.57. The molecule has 2 atom stereocenters. The Morgan fingerprint density at radius 1 is 0.882 bits per heavy atom. The SMILES string of the molecule is CC(C)(C)[Si](C)(OC(=O)[C@H](Cc1ccccc1)NC(=O)[C@@H](N)CCc1ccccc1)C(C)(C)C. The Balaban J connectivity index is 2.20. The van der Waals surface area contributed by atoms with Crippen LogP contribution in [0.2, 0.25) is 16.6 Å². The van der Waals surface area contributed by atoms with Crippen molar-refractivity contribution in [3.8, 4) is 0 Å². The fraction of sp³-hybridized carbons (Fsp3) is 0.500. The largest absolute Gasteiger partial charge is 0.517 e. The molecule has 5 nitrogen and oxygen atoms in total. The number of nitrogens with two attached hydrogens (primary N) is 1. The van der Waals surface area contributed by atoms with Crippen LogP contribution in [0.5, 0.6) is 0 Å². The first-order chi connectivity index (χ1) is 15.7. The van der Waals surface area contributed by atoms with Crippen LogP contribution in [-0.4, -0.2) is 32.3 Å². The van der Waals surface area contributed by atoms with Crippen LogP contribution in [0.25, 0.3) is 0 Å². The maximum absolute atomic E-state index is 13.6. The second kappa shape index (κ2) is 11.3. The molecule has 186 valence electrons. The third kappa shape index (κ3) is 7.28. The molecule has 0 aliphatic heterocycles. The maximum atomic E-state index is 13.6. The smallest absolute Gasteiger partial charge is 0.315 e. The van der Waals surface area contributed by atoms with Gasteiger partial charge in [-0.3, -0.25) is 9.59 Å².